The molecule has 118 valence electrons. The van der Waals surface area contributed by atoms with Gasteiger partial charge in [0.25, 0.3) is 0 Å². The number of benzene rings is 1. The summed E-state index contributed by atoms with van der Waals surface area (Å²) in [5, 5.41) is 4.32. The molecule has 1 aromatic carbocycles. The minimum Gasteiger partial charge on any atom is -0.495 e. The van der Waals surface area contributed by atoms with E-state index in [1.807, 2.05) is 18.2 Å². The zero-order chi connectivity index (χ0) is 15.5. The van der Waals surface area contributed by atoms with Crippen molar-refractivity contribution in [2.45, 2.75) is 58.9 Å². The molecule has 1 aromatic rings. The highest BCUT2D eigenvalue weighted by Crippen LogP contribution is 2.37. The Balaban J connectivity index is 1.97. The summed E-state index contributed by atoms with van der Waals surface area (Å²) in [4.78, 5) is 0. The number of hydrogen-bond acceptors (Lipinski definition) is 2. The maximum absolute atomic E-state index is 6.08. The number of methoxy groups -OCH3 is 1. The smallest absolute Gasteiger partial charge is 0.139 e. The van der Waals surface area contributed by atoms with Crippen molar-refractivity contribution in [1.29, 1.82) is 0 Å². The Morgan fingerprint density at radius 1 is 1.14 bits per heavy atom. The van der Waals surface area contributed by atoms with Gasteiger partial charge in [0.2, 0.25) is 0 Å². The molecule has 3 heteroatoms. The van der Waals surface area contributed by atoms with Gasteiger partial charge >= 0.3 is 0 Å². The lowest BCUT2D eigenvalue weighted by molar-refractivity contribution is 0.214. The second kappa shape index (κ2) is 6.91. The van der Waals surface area contributed by atoms with E-state index in [1.54, 1.807) is 7.11 Å². The molecule has 0 aliphatic heterocycles. The third kappa shape index (κ3) is 4.54. The summed E-state index contributed by atoms with van der Waals surface area (Å²) in [6, 6.07) is 6.49. The van der Waals surface area contributed by atoms with Crippen LogP contribution in [0.1, 0.15) is 52.9 Å². The number of anilines is 1. The van der Waals surface area contributed by atoms with Gasteiger partial charge in [0.1, 0.15) is 5.75 Å². The topological polar surface area (TPSA) is 21.3 Å². The molecule has 1 N–H and O–H groups in total. The molecule has 1 aliphatic carbocycles. The molecular weight excluding hydrogens is 282 g/mol. The van der Waals surface area contributed by atoms with Gasteiger partial charge in [0.15, 0.2) is 0 Å². The summed E-state index contributed by atoms with van der Waals surface area (Å²) in [5.74, 6) is 1.58. The van der Waals surface area contributed by atoms with Crippen LogP contribution in [0, 0.1) is 11.3 Å². The molecule has 0 amide bonds. The first-order valence-corrected chi connectivity index (χ1v) is 8.38. The number of ether oxygens (including phenoxy) is 1. The van der Waals surface area contributed by atoms with Crippen LogP contribution >= 0.6 is 11.6 Å². The second-order valence-electron chi connectivity index (χ2n) is 7.26. The quantitative estimate of drug-likeness (QED) is 0.717. The number of halogens is 1. The molecule has 2 rings (SSSR count). The first kappa shape index (κ1) is 16.5. The molecule has 0 aromatic heterocycles. The van der Waals surface area contributed by atoms with Crippen molar-refractivity contribution in [3.05, 3.63) is 23.2 Å². The SMILES string of the molecule is COc1cc(NC2CCCC(C(C)(C)C)CC2)ccc1Cl. The standard InChI is InChI=1S/C18H28ClNO/c1-18(2,3)13-6-5-7-14(9-8-13)20-15-10-11-16(19)17(12-15)21-4/h10-14,20H,5-9H2,1-4H3. The van der Waals surface area contributed by atoms with Gasteiger partial charge in [-0.3, -0.25) is 0 Å². The van der Waals surface area contributed by atoms with Crippen molar-refractivity contribution in [3.63, 3.8) is 0 Å². The Morgan fingerprint density at radius 3 is 2.57 bits per heavy atom. The van der Waals surface area contributed by atoms with Crippen LogP contribution in [0.3, 0.4) is 0 Å². The fourth-order valence-corrected chi connectivity index (χ4v) is 3.49. The van der Waals surface area contributed by atoms with Gasteiger partial charge in [0.05, 0.1) is 12.1 Å². The van der Waals surface area contributed by atoms with Crippen molar-refractivity contribution in [3.8, 4) is 5.75 Å². The Labute approximate surface area is 134 Å². The van der Waals surface area contributed by atoms with Crippen LogP contribution < -0.4 is 10.1 Å². The van der Waals surface area contributed by atoms with E-state index in [-0.39, 0.29) is 0 Å². The maximum Gasteiger partial charge on any atom is 0.139 e. The van der Waals surface area contributed by atoms with E-state index < -0.39 is 0 Å². The molecule has 1 fully saturated rings. The predicted molar refractivity (Wildman–Crippen MR) is 91.4 cm³/mol. The first-order chi connectivity index (χ1) is 9.90. The zero-order valence-corrected chi connectivity index (χ0v) is 14.5. The number of nitrogens with one attached hydrogen (secondary N) is 1. The van der Waals surface area contributed by atoms with E-state index in [0.29, 0.717) is 16.5 Å². The van der Waals surface area contributed by atoms with Gasteiger partial charge in [-0.1, -0.05) is 38.8 Å². The van der Waals surface area contributed by atoms with E-state index in [9.17, 15) is 0 Å². The fourth-order valence-electron chi connectivity index (χ4n) is 3.30. The molecule has 0 radical (unpaired) electrons. The second-order valence-corrected chi connectivity index (χ2v) is 7.67. The fraction of sp³-hybridized carbons (Fsp3) is 0.667. The van der Waals surface area contributed by atoms with Crippen LogP contribution in [0.5, 0.6) is 5.75 Å². The maximum atomic E-state index is 6.08. The van der Waals surface area contributed by atoms with E-state index in [1.165, 1.54) is 32.1 Å². The summed E-state index contributed by atoms with van der Waals surface area (Å²) in [6.45, 7) is 7.11. The Morgan fingerprint density at radius 2 is 1.90 bits per heavy atom. The third-order valence-electron chi connectivity index (χ3n) is 4.72. The van der Waals surface area contributed by atoms with Crippen molar-refractivity contribution >= 4 is 17.3 Å². The largest absolute Gasteiger partial charge is 0.495 e. The molecule has 0 spiro atoms. The van der Waals surface area contributed by atoms with Crippen LogP contribution in [-0.4, -0.2) is 13.2 Å². The van der Waals surface area contributed by atoms with E-state index in [2.05, 4.69) is 26.1 Å². The summed E-state index contributed by atoms with van der Waals surface area (Å²) in [7, 11) is 1.66. The van der Waals surface area contributed by atoms with Crippen molar-refractivity contribution < 1.29 is 4.74 Å². The molecule has 2 atom stereocenters. The summed E-state index contributed by atoms with van der Waals surface area (Å²) < 4.78 is 5.29. The lowest BCUT2D eigenvalue weighted by Gasteiger charge is -2.29. The van der Waals surface area contributed by atoms with Gasteiger partial charge < -0.3 is 10.1 Å². The van der Waals surface area contributed by atoms with Gasteiger partial charge in [-0.25, -0.2) is 0 Å². The van der Waals surface area contributed by atoms with Gasteiger partial charge in [-0.05, 0) is 49.1 Å². The van der Waals surface area contributed by atoms with Gasteiger partial charge in [-0.15, -0.1) is 0 Å². The molecule has 1 saturated carbocycles. The normalized spacial score (nSPS) is 23.5. The number of hydrogen-bond donors (Lipinski definition) is 1. The minimum atomic E-state index is 0.429. The zero-order valence-electron chi connectivity index (χ0n) is 13.7. The minimum absolute atomic E-state index is 0.429. The predicted octanol–water partition coefficient (Wildman–Crippen LogP) is 5.76. The Kier molecular flexibility index (Phi) is 5.43. The summed E-state index contributed by atoms with van der Waals surface area (Å²) in [6.07, 6.45) is 6.46. The molecular formula is C18H28ClNO. The van der Waals surface area contributed by atoms with Crippen LogP contribution in [0.15, 0.2) is 18.2 Å². The van der Waals surface area contributed by atoms with E-state index in [4.69, 9.17) is 16.3 Å². The first-order valence-electron chi connectivity index (χ1n) is 8.00. The summed E-state index contributed by atoms with van der Waals surface area (Å²) >= 11 is 6.08. The van der Waals surface area contributed by atoms with Crippen molar-refractivity contribution in [2.24, 2.45) is 11.3 Å². The van der Waals surface area contributed by atoms with Crippen LogP contribution in [0.2, 0.25) is 5.02 Å². The van der Waals surface area contributed by atoms with Gasteiger partial charge in [0, 0.05) is 17.8 Å². The highest BCUT2D eigenvalue weighted by atomic mass is 35.5. The lowest BCUT2D eigenvalue weighted by Crippen LogP contribution is -2.21. The van der Waals surface area contributed by atoms with Gasteiger partial charge in [-0.2, -0.15) is 0 Å². The third-order valence-corrected chi connectivity index (χ3v) is 5.03. The highest BCUT2D eigenvalue weighted by molar-refractivity contribution is 6.32. The van der Waals surface area contributed by atoms with E-state index in [0.717, 1.165) is 17.4 Å². The summed E-state index contributed by atoms with van der Waals surface area (Å²) in [5.41, 5.74) is 1.54. The van der Waals surface area contributed by atoms with Crippen molar-refractivity contribution in [2.75, 3.05) is 12.4 Å². The van der Waals surface area contributed by atoms with Crippen LogP contribution in [0.25, 0.3) is 0 Å². The molecule has 2 nitrogen and oxygen atoms in total. The Hall–Kier alpha value is -0.890. The average molecular weight is 310 g/mol. The molecule has 1 aliphatic rings. The Bertz CT molecular complexity index is 467. The van der Waals surface area contributed by atoms with E-state index >= 15 is 0 Å². The molecule has 0 bridgehead atoms. The molecule has 2 unspecified atom stereocenters. The molecule has 0 saturated heterocycles. The van der Waals surface area contributed by atoms with Crippen molar-refractivity contribution in [1.82, 2.24) is 0 Å². The molecule has 0 heterocycles. The van der Waals surface area contributed by atoms with Crippen LogP contribution in [0.4, 0.5) is 5.69 Å². The monoisotopic (exact) mass is 309 g/mol. The highest BCUT2D eigenvalue weighted by Gasteiger charge is 2.27. The van der Waals surface area contributed by atoms with Crippen LogP contribution in [-0.2, 0) is 0 Å². The lowest BCUT2D eigenvalue weighted by atomic mass is 9.76. The number of rotatable bonds is 3. The molecule has 21 heavy (non-hydrogen) atoms. The average Bonchev–Trinajstić information content (AvgIpc) is 2.66.